The molecule has 0 spiro atoms. The van der Waals surface area contributed by atoms with Crippen molar-refractivity contribution >= 4 is 10.8 Å². The summed E-state index contributed by atoms with van der Waals surface area (Å²) >= 11 is 0. The van der Waals surface area contributed by atoms with Gasteiger partial charge in [0.2, 0.25) is 0 Å². The molecule has 0 unspecified atom stereocenters. The highest BCUT2D eigenvalue weighted by Gasteiger charge is 2.03. The van der Waals surface area contributed by atoms with E-state index in [0.29, 0.717) is 6.54 Å². The zero-order valence-corrected chi connectivity index (χ0v) is 10.2. The van der Waals surface area contributed by atoms with Gasteiger partial charge in [0.1, 0.15) is 0 Å². The smallest absolute Gasteiger partial charge is 0.0479 e. The Morgan fingerprint density at radius 3 is 2.61 bits per heavy atom. The van der Waals surface area contributed by atoms with Gasteiger partial charge in [0.05, 0.1) is 0 Å². The second kappa shape index (κ2) is 4.67. The monoisotopic (exact) mass is 236 g/mol. The van der Waals surface area contributed by atoms with Crippen LogP contribution in [0.2, 0.25) is 0 Å². The Morgan fingerprint density at radius 1 is 0.889 bits per heavy atom. The average Bonchev–Trinajstić information content (AvgIpc) is 2.86. The van der Waals surface area contributed by atoms with E-state index in [0.717, 1.165) is 6.54 Å². The molecule has 3 rings (SSSR count). The Labute approximate surface area is 107 Å². The average molecular weight is 236 g/mol. The first kappa shape index (κ1) is 11.1. The summed E-state index contributed by atoms with van der Waals surface area (Å²) in [5, 5.41) is 2.60. The fraction of sp³-hybridized carbons (Fsp3) is 0.125. The molecule has 3 aromatic rings. The van der Waals surface area contributed by atoms with Gasteiger partial charge in [-0.3, -0.25) is 0 Å². The molecule has 0 bridgehead atoms. The van der Waals surface area contributed by atoms with E-state index in [4.69, 9.17) is 5.73 Å². The number of benzene rings is 2. The van der Waals surface area contributed by atoms with Crippen molar-refractivity contribution in [2.75, 3.05) is 0 Å². The Morgan fingerprint density at radius 2 is 1.72 bits per heavy atom. The molecule has 0 aliphatic rings. The lowest BCUT2D eigenvalue weighted by Crippen LogP contribution is -2.07. The molecule has 2 N–H and O–H groups in total. The highest BCUT2D eigenvalue weighted by molar-refractivity contribution is 5.85. The summed E-state index contributed by atoms with van der Waals surface area (Å²) in [6.45, 7) is 1.46. The van der Waals surface area contributed by atoms with Gasteiger partial charge >= 0.3 is 0 Å². The van der Waals surface area contributed by atoms with Gasteiger partial charge in [-0.25, -0.2) is 0 Å². The van der Waals surface area contributed by atoms with Crippen molar-refractivity contribution in [3.05, 3.63) is 72.1 Å². The Balaban J connectivity index is 2.05. The first-order valence-electron chi connectivity index (χ1n) is 6.19. The summed E-state index contributed by atoms with van der Waals surface area (Å²) in [6.07, 6.45) is 2.09. The summed E-state index contributed by atoms with van der Waals surface area (Å²) in [5.41, 5.74) is 8.24. The maximum Gasteiger partial charge on any atom is 0.0479 e. The number of fused-ring (bicyclic) bond motifs is 1. The van der Waals surface area contributed by atoms with Gasteiger partial charge in [-0.2, -0.15) is 0 Å². The minimum atomic E-state index is 0.581. The number of nitrogens with two attached hydrogens (primary N) is 1. The molecule has 0 aliphatic carbocycles. The molecule has 0 aliphatic heterocycles. The van der Waals surface area contributed by atoms with Crippen LogP contribution in [-0.4, -0.2) is 4.57 Å². The molecule has 2 heteroatoms. The number of aromatic nitrogens is 1. The van der Waals surface area contributed by atoms with Gasteiger partial charge in [0.15, 0.2) is 0 Å². The number of hydrogen-bond donors (Lipinski definition) is 1. The van der Waals surface area contributed by atoms with Gasteiger partial charge in [0.25, 0.3) is 0 Å². The van der Waals surface area contributed by atoms with Crippen LogP contribution in [0.4, 0.5) is 0 Å². The van der Waals surface area contributed by atoms with Crippen molar-refractivity contribution < 1.29 is 0 Å². The number of rotatable bonds is 3. The molecule has 1 heterocycles. The Hall–Kier alpha value is -2.06. The normalized spacial score (nSPS) is 10.9. The first-order chi connectivity index (χ1) is 8.88. The van der Waals surface area contributed by atoms with E-state index < -0.39 is 0 Å². The maximum atomic E-state index is 5.74. The molecule has 0 radical (unpaired) electrons. The van der Waals surface area contributed by atoms with Gasteiger partial charge in [-0.15, -0.1) is 0 Å². The number of nitrogens with zero attached hydrogens (tertiary/aromatic N) is 1. The lowest BCUT2D eigenvalue weighted by Gasteiger charge is -2.10. The van der Waals surface area contributed by atoms with Crippen LogP contribution in [0.25, 0.3) is 10.8 Å². The van der Waals surface area contributed by atoms with Gasteiger partial charge in [-0.1, -0.05) is 42.5 Å². The molecular formula is C16H16N2. The van der Waals surface area contributed by atoms with Gasteiger partial charge < -0.3 is 10.3 Å². The maximum absolute atomic E-state index is 5.74. The predicted molar refractivity (Wildman–Crippen MR) is 75.4 cm³/mol. The van der Waals surface area contributed by atoms with Crippen LogP contribution in [-0.2, 0) is 13.1 Å². The third-order valence-electron chi connectivity index (χ3n) is 3.35. The SMILES string of the molecule is NCc1cccn1Cc1cccc2ccccc12. The molecule has 18 heavy (non-hydrogen) atoms. The van der Waals surface area contributed by atoms with E-state index in [-0.39, 0.29) is 0 Å². The summed E-state index contributed by atoms with van der Waals surface area (Å²) in [6, 6.07) is 19.1. The van der Waals surface area contributed by atoms with Crippen LogP contribution < -0.4 is 5.73 Å². The lowest BCUT2D eigenvalue weighted by molar-refractivity contribution is 0.747. The molecule has 0 saturated heterocycles. The summed E-state index contributed by atoms with van der Waals surface area (Å²) in [5.74, 6) is 0. The minimum absolute atomic E-state index is 0.581. The second-order valence-corrected chi connectivity index (χ2v) is 4.47. The van der Waals surface area contributed by atoms with Crippen molar-refractivity contribution in [3.8, 4) is 0 Å². The predicted octanol–water partition coefficient (Wildman–Crippen LogP) is 3.15. The molecule has 1 aromatic heterocycles. The third kappa shape index (κ3) is 1.91. The van der Waals surface area contributed by atoms with Crippen molar-refractivity contribution in [2.24, 2.45) is 5.73 Å². The topological polar surface area (TPSA) is 30.9 Å². The van der Waals surface area contributed by atoms with Gasteiger partial charge in [0, 0.05) is 25.0 Å². The highest BCUT2D eigenvalue weighted by Crippen LogP contribution is 2.20. The molecule has 0 fully saturated rings. The van der Waals surface area contributed by atoms with E-state index in [1.807, 2.05) is 6.07 Å². The molecular weight excluding hydrogens is 220 g/mol. The minimum Gasteiger partial charge on any atom is -0.346 e. The van der Waals surface area contributed by atoms with Crippen LogP contribution in [0.15, 0.2) is 60.8 Å². The molecule has 0 amide bonds. The molecule has 0 saturated carbocycles. The van der Waals surface area contributed by atoms with Gasteiger partial charge in [-0.05, 0) is 28.5 Å². The first-order valence-corrected chi connectivity index (χ1v) is 6.19. The van der Waals surface area contributed by atoms with Crippen LogP contribution in [0, 0.1) is 0 Å². The highest BCUT2D eigenvalue weighted by atomic mass is 15.0. The second-order valence-electron chi connectivity index (χ2n) is 4.47. The van der Waals surface area contributed by atoms with E-state index in [9.17, 15) is 0 Å². The lowest BCUT2D eigenvalue weighted by atomic mass is 10.0. The summed E-state index contributed by atoms with van der Waals surface area (Å²) in [4.78, 5) is 0. The quantitative estimate of drug-likeness (QED) is 0.744. The molecule has 2 aromatic carbocycles. The van der Waals surface area contributed by atoms with Crippen LogP contribution in [0.1, 0.15) is 11.3 Å². The zero-order valence-electron chi connectivity index (χ0n) is 10.2. The van der Waals surface area contributed by atoms with Crippen molar-refractivity contribution in [1.82, 2.24) is 4.57 Å². The van der Waals surface area contributed by atoms with E-state index in [1.54, 1.807) is 0 Å². The van der Waals surface area contributed by atoms with Crippen molar-refractivity contribution in [1.29, 1.82) is 0 Å². The van der Waals surface area contributed by atoms with E-state index in [1.165, 1.54) is 22.0 Å². The summed E-state index contributed by atoms with van der Waals surface area (Å²) < 4.78 is 2.21. The Bertz CT molecular complexity index is 662. The van der Waals surface area contributed by atoms with Crippen LogP contribution in [0.3, 0.4) is 0 Å². The molecule has 2 nitrogen and oxygen atoms in total. The zero-order chi connectivity index (χ0) is 12.4. The molecule has 0 atom stereocenters. The van der Waals surface area contributed by atoms with Crippen molar-refractivity contribution in [2.45, 2.75) is 13.1 Å². The van der Waals surface area contributed by atoms with Crippen LogP contribution in [0.5, 0.6) is 0 Å². The standard InChI is InChI=1S/C16H16N2/c17-11-15-8-4-10-18(15)12-14-7-3-6-13-5-1-2-9-16(13)14/h1-10H,11-12,17H2. The fourth-order valence-electron chi connectivity index (χ4n) is 2.40. The Kier molecular flexibility index (Phi) is 2.87. The van der Waals surface area contributed by atoms with E-state index in [2.05, 4.69) is 59.3 Å². The van der Waals surface area contributed by atoms with Crippen molar-refractivity contribution in [3.63, 3.8) is 0 Å². The third-order valence-corrected chi connectivity index (χ3v) is 3.35. The largest absolute Gasteiger partial charge is 0.346 e. The van der Waals surface area contributed by atoms with E-state index >= 15 is 0 Å². The summed E-state index contributed by atoms with van der Waals surface area (Å²) in [7, 11) is 0. The van der Waals surface area contributed by atoms with Crippen LogP contribution >= 0.6 is 0 Å². The number of hydrogen-bond acceptors (Lipinski definition) is 1. The molecule has 90 valence electrons. The fourth-order valence-corrected chi connectivity index (χ4v) is 2.40.